The summed E-state index contributed by atoms with van der Waals surface area (Å²) in [5.41, 5.74) is 5.43. The molecule has 0 saturated carbocycles. The number of aryl methyl sites for hydroxylation is 2. The van der Waals surface area contributed by atoms with Crippen LogP contribution < -0.4 is 5.32 Å². The summed E-state index contributed by atoms with van der Waals surface area (Å²) in [6, 6.07) is 8.59. The van der Waals surface area contributed by atoms with Gasteiger partial charge >= 0.3 is 0 Å². The molecule has 0 fully saturated rings. The molecule has 0 spiro atoms. The summed E-state index contributed by atoms with van der Waals surface area (Å²) in [6.07, 6.45) is 0. The Bertz CT molecular complexity index is 607. The van der Waals surface area contributed by atoms with Crippen molar-refractivity contribution in [1.82, 2.24) is 9.97 Å². The fourth-order valence-electron chi connectivity index (χ4n) is 2.11. The average molecular weight is 269 g/mol. The van der Waals surface area contributed by atoms with Gasteiger partial charge in [0, 0.05) is 12.6 Å². The molecule has 20 heavy (non-hydrogen) atoms. The molecule has 0 amide bonds. The van der Waals surface area contributed by atoms with Gasteiger partial charge in [0.25, 0.3) is 0 Å². The Balaban J connectivity index is 2.49. The number of rotatable bonds is 2. The zero-order valence-electron chi connectivity index (χ0n) is 13.2. The number of anilines is 1. The van der Waals surface area contributed by atoms with Crippen molar-refractivity contribution in [1.29, 1.82) is 0 Å². The molecule has 0 aliphatic rings. The molecule has 3 heteroatoms. The number of benzene rings is 1. The van der Waals surface area contributed by atoms with Crippen LogP contribution >= 0.6 is 0 Å². The van der Waals surface area contributed by atoms with Crippen molar-refractivity contribution >= 4 is 5.82 Å². The highest BCUT2D eigenvalue weighted by atomic mass is 15.0. The molecular formula is C17H23N3. The van der Waals surface area contributed by atoms with Gasteiger partial charge in [0.2, 0.25) is 0 Å². The third kappa shape index (κ3) is 2.82. The van der Waals surface area contributed by atoms with Gasteiger partial charge in [-0.1, -0.05) is 45.0 Å². The lowest BCUT2D eigenvalue weighted by Gasteiger charge is -2.19. The SMILES string of the molecule is CNc1nc(C)c(C)nc1-c1ccc(C(C)(C)C)cc1. The molecule has 0 radical (unpaired) electrons. The van der Waals surface area contributed by atoms with Crippen LogP contribution in [0.1, 0.15) is 37.7 Å². The second-order valence-corrected chi connectivity index (χ2v) is 6.17. The van der Waals surface area contributed by atoms with E-state index in [0.29, 0.717) is 0 Å². The summed E-state index contributed by atoms with van der Waals surface area (Å²) < 4.78 is 0. The van der Waals surface area contributed by atoms with Crippen LogP contribution in [0.3, 0.4) is 0 Å². The van der Waals surface area contributed by atoms with E-state index in [1.165, 1.54) is 5.56 Å². The largest absolute Gasteiger partial charge is 0.371 e. The first-order valence-electron chi connectivity index (χ1n) is 6.97. The van der Waals surface area contributed by atoms with E-state index in [1.807, 2.05) is 20.9 Å². The zero-order chi connectivity index (χ0) is 14.9. The van der Waals surface area contributed by atoms with Crippen molar-refractivity contribution in [3.8, 4) is 11.3 Å². The van der Waals surface area contributed by atoms with Crippen LogP contribution in [0.5, 0.6) is 0 Å². The number of nitrogens with one attached hydrogen (secondary N) is 1. The molecule has 1 heterocycles. The molecule has 106 valence electrons. The fourth-order valence-corrected chi connectivity index (χ4v) is 2.11. The van der Waals surface area contributed by atoms with Gasteiger partial charge in [0.15, 0.2) is 5.82 Å². The highest BCUT2D eigenvalue weighted by Gasteiger charge is 2.15. The van der Waals surface area contributed by atoms with E-state index in [2.05, 4.69) is 60.3 Å². The maximum absolute atomic E-state index is 4.68. The Hall–Kier alpha value is -1.90. The first-order chi connectivity index (χ1) is 9.32. The second-order valence-electron chi connectivity index (χ2n) is 6.17. The summed E-state index contributed by atoms with van der Waals surface area (Å²) in [5.74, 6) is 0.830. The molecule has 0 atom stereocenters. The first-order valence-corrected chi connectivity index (χ1v) is 6.97. The lowest BCUT2D eigenvalue weighted by Crippen LogP contribution is -2.10. The molecule has 2 aromatic rings. The van der Waals surface area contributed by atoms with Gasteiger partial charge < -0.3 is 5.32 Å². The topological polar surface area (TPSA) is 37.8 Å². The third-order valence-corrected chi connectivity index (χ3v) is 3.57. The Morgan fingerprint density at radius 3 is 1.95 bits per heavy atom. The second kappa shape index (κ2) is 5.23. The van der Waals surface area contributed by atoms with E-state index in [1.54, 1.807) is 0 Å². The highest BCUT2D eigenvalue weighted by molar-refractivity contribution is 5.71. The average Bonchev–Trinajstić information content (AvgIpc) is 2.40. The predicted octanol–water partition coefficient (Wildman–Crippen LogP) is 4.10. The Morgan fingerprint density at radius 2 is 1.45 bits per heavy atom. The molecule has 1 aromatic heterocycles. The van der Waals surface area contributed by atoms with E-state index in [9.17, 15) is 0 Å². The minimum absolute atomic E-state index is 0.166. The summed E-state index contributed by atoms with van der Waals surface area (Å²) >= 11 is 0. The summed E-state index contributed by atoms with van der Waals surface area (Å²) in [5, 5.41) is 3.13. The van der Waals surface area contributed by atoms with Gasteiger partial charge in [-0.2, -0.15) is 0 Å². The van der Waals surface area contributed by atoms with Crippen LogP contribution in [0.25, 0.3) is 11.3 Å². The highest BCUT2D eigenvalue weighted by Crippen LogP contribution is 2.28. The molecule has 3 nitrogen and oxygen atoms in total. The van der Waals surface area contributed by atoms with Crippen LogP contribution in [0.2, 0.25) is 0 Å². The number of hydrogen-bond acceptors (Lipinski definition) is 3. The summed E-state index contributed by atoms with van der Waals surface area (Å²) in [4.78, 5) is 9.25. The maximum Gasteiger partial charge on any atom is 0.152 e. The normalized spacial score (nSPS) is 11.5. The maximum atomic E-state index is 4.68. The quantitative estimate of drug-likeness (QED) is 0.892. The molecule has 1 N–H and O–H groups in total. The molecule has 0 bridgehead atoms. The molecular weight excluding hydrogens is 246 g/mol. The lowest BCUT2D eigenvalue weighted by atomic mass is 9.86. The third-order valence-electron chi connectivity index (χ3n) is 3.57. The van der Waals surface area contributed by atoms with Crippen molar-refractivity contribution in [2.75, 3.05) is 12.4 Å². The molecule has 0 aliphatic carbocycles. The van der Waals surface area contributed by atoms with Gasteiger partial charge in [-0.15, -0.1) is 0 Å². The van der Waals surface area contributed by atoms with Gasteiger partial charge in [-0.3, -0.25) is 0 Å². The summed E-state index contributed by atoms with van der Waals surface area (Å²) in [6.45, 7) is 10.6. The van der Waals surface area contributed by atoms with Crippen LogP contribution in [-0.2, 0) is 5.41 Å². The van der Waals surface area contributed by atoms with E-state index < -0.39 is 0 Å². The summed E-state index contributed by atoms with van der Waals surface area (Å²) in [7, 11) is 1.88. The number of aromatic nitrogens is 2. The fraction of sp³-hybridized carbons (Fsp3) is 0.412. The van der Waals surface area contributed by atoms with Crippen molar-refractivity contribution in [2.24, 2.45) is 0 Å². The Morgan fingerprint density at radius 1 is 0.900 bits per heavy atom. The zero-order valence-corrected chi connectivity index (χ0v) is 13.2. The van der Waals surface area contributed by atoms with Crippen molar-refractivity contribution in [2.45, 2.75) is 40.0 Å². The van der Waals surface area contributed by atoms with Crippen molar-refractivity contribution in [3.63, 3.8) is 0 Å². The predicted molar refractivity (Wildman–Crippen MR) is 85.2 cm³/mol. The Kier molecular flexibility index (Phi) is 3.80. The van der Waals surface area contributed by atoms with Gasteiger partial charge in [-0.25, -0.2) is 9.97 Å². The van der Waals surface area contributed by atoms with E-state index in [-0.39, 0.29) is 5.41 Å². The van der Waals surface area contributed by atoms with E-state index in [4.69, 9.17) is 0 Å². The molecule has 0 saturated heterocycles. The standard InChI is InChI=1S/C17H23N3/c1-11-12(2)20-16(18-6)15(19-11)13-7-9-14(10-8-13)17(3,4)5/h7-10H,1-6H3,(H,18,20). The van der Waals surface area contributed by atoms with Crippen LogP contribution in [0.4, 0.5) is 5.82 Å². The molecule has 2 rings (SSSR count). The monoisotopic (exact) mass is 269 g/mol. The smallest absolute Gasteiger partial charge is 0.152 e. The van der Waals surface area contributed by atoms with Crippen LogP contribution in [0.15, 0.2) is 24.3 Å². The van der Waals surface area contributed by atoms with Gasteiger partial charge in [0.05, 0.1) is 11.4 Å². The molecule has 0 unspecified atom stereocenters. The van der Waals surface area contributed by atoms with Gasteiger partial charge in [-0.05, 0) is 24.8 Å². The number of nitrogens with zero attached hydrogens (tertiary/aromatic N) is 2. The first kappa shape index (κ1) is 14.5. The molecule has 0 aliphatic heterocycles. The lowest BCUT2D eigenvalue weighted by molar-refractivity contribution is 0.590. The van der Waals surface area contributed by atoms with E-state index in [0.717, 1.165) is 28.5 Å². The van der Waals surface area contributed by atoms with Gasteiger partial charge in [0.1, 0.15) is 5.69 Å². The minimum atomic E-state index is 0.166. The van der Waals surface area contributed by atoms with Crippen molar-refractivity contribution < 1.29 is 0 Å². The Labute approximate surface area is 121 Å². The number of hydrogen-bond donors (Lipinski definition) is 1. The van der Waals surface area contributed by atoms with E-state index >= 15 is 0 Å². The van der Waals surface area contributed by atoms with Crippen molar-refractivity contribution in [3.05, 3.63) is 41.2 Å². The molecule has 1 aromatic carbocycles. The minimum Gasteiger partial charge on any atom is -0.371 e. The van der Waals surface area contributed by atoms with Crippen LogP contribution in [0, 0.1) is 13.8 Å². The van der Waals surface area contributed by atoms with Crippen LogP contribution in [-0.4, -0.2) is 17.0 Å².